The fourth-order valence-corrected chi connectivity index (χ4v) is 2.12. The van der Waals surface area contributed by atoms with Crippen molar-refractivity contribution in [2.24, 2.45) is 0 Å². The molecule has 0 bridgehead atoms. The monoisotopic (exact) mass is 316 g/mol. The number of ether oxygens (including phenoxy) is 1. The van der Waals surface area contributed by atoms with Crippen LogP contribution >= 0.6 is 11.6 Å². The quantitative estimate of drug-likeness (QED) is 0.768. The molecule has 21 heavy (non-hydrogen) atoms. The zero-order chi connectivity index (χ0) is 15.8. The van der Waals surface area contributed by atoms with Crippen molar-refractivity contribution in [3.63, 3.8) is 0 Å². The average Bonchev–Trinajstić information content (AvgIpc) is 2.40. The Morgan fingerprint density at radius 2 is 1.81 bits per heavy atom. The Labute approximate surface area is 124 Å². The Kier molecular flexibility index (Phi) is 4.09. The summed E-state index contributed by atoms with van der Waals surface area (Å²) in [6.07, 6.45) is -4.66. The number of hydrogen-bond acceptors (Lipinski definition) is 3. The summed E-state index contributed by atoms with van der Waals surface area (Å²) in [5, 5.41) is -0.271. The van der Waals surface area contributed by atoms with Crippen molar-refractivity contribution in [3.8, 4) is 17.0 Å². The van der Waals surface area contributed by atoms with Gasteiger partial charge in [-0.3, -0.25) is 0 Å². The molecule has 0 radical (unpaired) electrons. The molecule has 2 rings (SSSR count). The molecule has 112 valence electrons. The average molecular weight is 317 g/mol. The normalized spacial score (nSPS) is 11.6. The highest BCUT2D eigenvalue weighted by Gasteiger charge is 2.35. The van der Waals surface area contributed by atoms with Gasteiger partial charge < -0.3 is 4.74 Å². The molecule has 0 aliphatic rings. The van der Waals surface area contributed by atoms with Crippen molar-refractivity contribution < 1.29 is 17.9 Å². The molecular formula is C14H12ClF3N2O. The summed E-state index contributed by atoms with van der Waals surface area (Å²) in [6, 6.07) is 4.72. The van der Waals surface area contributed by atoms with Gasteiger partial charge in [-0.15, -0.1) is 0 Å². The van der Waals surface area contributed by atoms with E-state index < -0.39 is 12.0 Å². The van der Waals surface area contributed by atoms with Gasteiger partial charge >= 0.3 is 6.18 Å². The molecule has 1 heterocycles. The van der Waals surface area contributed by atoms with Gasteiger partial charge in [-0.2, -0.15) is 13.2 Å². The number of aryl methyl sites for hydroxylation is 1. The molecule has 0 fully saturated rings. The molecule has 0 spiro atoms. The van der Waals surface area contributed by atoms with E-state index in [0.29, 0.717) is 11.3 Å². The third kappa shape index (κ3) is 3.10. The molecule has 2 aromatic rings. The highest BCUT2D eigenvalue weighted by atomic mass is 35.5. The highest BCUT2D eigenvalue weighted by Crippen LogP contribution is 2.36. The van der Waals surface area contributed by atoms with Crippen LogP contribution in [-0.2, 0) is 6.18 Å². The van der Waals surface area contributed by atoms with Gasteiger partial charge in [0.25, 0.3) is 0 Å². The van der Waals surface area contributed by atoms with Gasteiger partial charge in [0, 0.05) is 11.6 Å². The molecule has 3 nitrogen and oxygen atoms in total. The van der Waals surface area contributed by atoms with Gasteiger partial charge in [0.1, 0.15) is 10.9 Å². The van der Waals surface area contributed by atoms with Crippen LogP contribution in [-0.4, -0.2) is 17.1 Å². The standard InChI is InChI=1S/C14H12ClF3N2O/c1-7-4-5-9(12(21-3)8(7)2)10-6-11(15)20-13(19-10)14(16,17)18/h4-6H,1-3H3. The molecule has 1 aromatic heterocycles. The first-order chi connectivity index (χ1) is 9.74. The number of rotatable bonds is 2. The Hall–Kier alpha value is -1.82. The zero-order valence-electron chi connectivity index (χ0n) is 11.5. The second kappa shape index (κ2) is 5.52. The fourth-order valence-electron chi connectivity index (χ4n) is 1.94. The molecule has 0 saturated heterocycles. The van der Waals surface area contributed by atoms with E-state index in [1.807, 2.05) is 13.8 Å². The van der Waals surface area contributed by atoms with Crippen molar-refractivity contribution in [2.75, 3.05) is 7.11 Å². The van der Waals surface area contributed by atoms with E-state index in [1.165, 1.54) is 13.2 Å². The van der Waals surface area contributed by atoms with Gasteiger partial charge in [0.2, 0.25) is 5.82 Å². The molecule has 0 saturated carbocycles. The maximum absolute atomic E-state index is 12.8. The van der Waals surface area contributed by atoms with Crippen LogP contribution in [0.5, 0.6) is 5.75 Å². The molecule has 0 N–H and O–H groups in total. The molecule has 0 amide bonds. The second-order valence-electron chi connectivity index (χ2n) is 4.49. The highest BCUT2D eigenvalue weighted by molar-refractivity contribution is 6.29. The minimum absolute atomic E-state index is 0.0716. The van der Waals surface area contributed by atoms with Crippen LogP contribution in [0.1, 0.15) is 17.0 Å². The van der Waals surface area contributed by atoms with E-state index in [1.54, 1.807) is 12.1 Å². The van der Waals surface area contributed by atoms with Crippen LogP contribution in [0, 0.1) is 13.8 Å². The van der Waals surface area contributed by atoms with Crippen LogP contribution in [0.4, 0.5) is 13.2 Å². The summed E-state index contributed by atoms with van der Waals surface area (Å²) >= 11 is 5.68. The number of aromatic nitrogens is 2. The second-order valence-corrected chi connectivity index (χ2v) is 4.87. The number of nitrogens with zero attached hydrogens (tertiary/aromatic N) is 2. The van der Waals surface area contributed by atoms with Crippen LogP contribution in [0.2, 0.25) is 5.15 Å². The maximum atomic E-state index is 12.8. The molecule has 0 aliphatic carbocycles. The first kappa shape index (κ1) is 15.6. The zero-order valence-corrected chi connectivity index (χ0v) is 12.3. The topological polar surface area (TPSA) is 35.0 Å². The van der Waals surface area contributed by atoms with Crippen molar-refractivity contribution in [3.05, 3.63) is 40.3 Å². The van der Waals surface area contributed by atoms with E-state index in [2.05, 4.69) is 9.97 Å². The summed E-state index contributed by atoms with van der Waals surface area (Å²) in [7, 11) is 1.46. The summed E-state index contributed by atoms with van der Waals surface area (Å²) in [5.41, 5.74) is 2.31. The van der Waals surface area contributed by atoms with E-state index in [9.17, 15) is 13.2 Å². The van der Waals surface area contributed by atoms with E-state index in [4.69, 9.17) is 16.3 Å². The van der Waals surface area contributed by atoms with Crippen LogP contribution in [0.25, 0.3) is 11.3 Å². The van der Waals surface area contributed by atoms with Gasteiger partial charge in [0.05, 0.1) is 12.8 Å². The third-order valence-corrected chi connectivity index (χ3v) is 3.30. The number of methoxy groups -OCH3 is 1. The lowest BCUT2D eigenvalue weighted by atomic mass is 10.0. The number of benzene rings is 1. The maximum Gasteiger partial charge on any atom is 0.451 e. The summed E-state index contributed by atoms with van der Waals surface area (Å²) in [6.45, 7) is 3.71. The summed E-state index contributed by atoms with van der Waals surface area (Å²) in [4.78, 5) is 6.77. The van der Waals surface area contributed by atoms with Gasteiger partial charge in [-0.1, -0.05) is 17.7 Å². The first-order valence-corrected chi connectivity index (χ1v) is 6.38. The Balaban J connectivity index is 2.68. The van der Waals surface area contributed by atoms with Crippen LogP contribution in [0.15, 0.2) is 18.2 Å². The largest absolute Gasteiger partial charge is 0.496 e. The molecular weight excluding hydrogens is 305 g/mol. The van der Waals surface area contributed by atoms with Gasteiger partial charge in [0.15, 0.2) is 0 Å². The van der Waals surface area contributed by atoms with Crippen molar-refractivity contribution >= 4 is 11.6 Å². The van der Waals surface area contributed by atoms with Crippen LogP contribution < -0.4 is 4.74 Å². The minimum Gasteiger partial charge on any atom is -0.496 e. The van der Waals surface area contributed by atoms with E-state index >= 15 is 0 Å². The number of alkyl halides is 3. The fraction of sp³-hybridized carbons (Fsp3) is 0.286. The molecule has 7 heteroatoms. The van der Waals surface area contributed by atoms with Crippen molar-refractivity contribution in [1.82, 2.24) is 9.97 Å². The van der Waals surface area contributed by atoms with E-state index in [-0.39, 0.29) is 10.8 Å². The van der Waals surface area contributed by atoms with Gasteiger partial charge in [-0.05, 0) is 31.0 Å². The SMILES string of the molecule is COc1c(-c2cc(Cl)nc(C(F)(F)F)n2)ccc(C)c1C. The smallest absolute Gasteiger partial charge is 0.451 e. The Morgan fingerprint density at radius 1 is 1.14 bits per heavy atom. The Morgan fingerprint density at radius 3 is 2.38 bits per heavy atom. The molecule has 0 aliphatic heterocycles. The van der Waals surface area contributed by atoms with Crippen LogP contribution in [0.3, 0.4) is 0 Å². The molecule has 0 atom stereocenters. The predicted molar refractivity (Wildman–Crippen MR) is 73.5 cm³/mol. The molecule has 1 aromatic carbocycles. The lowest BCUT2D eigenvalue weighted by Crippen LogP contribution is -2.11. The van der Waals surface area contributed by atoms with E-state index in [0.717, 1.165) is 11.1 Å². The lowest BCUT2D eigenvalue weighted by Gasteiger charge is -2.14. The summed E-state index contributed by atoms with van der Waals surface area (Å²) < 4.78 is 43.6. The predicted octanol–water partition coefficient (Wildman–Crippen LogP) is 4.44. The van der Waals surface area contributed by atoms with Crippen molar-refractivity contribution in [1.29, 1.82) is 0 Å². The number of halogens is 4. The first-order valence-electron chi connectivity index (χ1n) is 6.00. The lowest BCUT2D eigenvalue weighted by molar-refractivity contribution is -0.144. The third-order valence-electron chi connectivity index (χ3n) is 3.11. The Bertz CT molecular complexity index is 687. The number of hydrogen-bond donors (Lipinski definition) is 0. The minimum atomic E-state index is -4.66. The van der Waals surface area contributed by atoms with Gasteiger partial charge in [-0.25, -0.2) is 9.97 Å². The van der Waals surface area contributed by atoms with Crippen molar-refractivity contribution in [2.45, 2.75) is 20.0 Å². The summed E-state index contributed by atoms with van der Waals surface area (Å²) in [5.74, 6) is -0.803. The molecule has 0 unspecified atom stereocenters.